The second kappa shape index (κ2) is 6.98. The van der Waals surface area contributed by atoms with Crippen molar-refractivity contribution in [3.05, 3.63) is 104 Å². The number of Topliss-reactive ketones (excluding diaryl/α,β-unsaturated/α-hetero) is 2. The van der Waals surface area contributed by atoms with Crippen LogP contribution in [0.15, 0.2) is 78.4 Å². The Kier molecular flexibility index (Phi) is 4.06. The molecule has 0 radical (unpaired) electrons. The molecule has 1 unspecified atom stereocenters. The van der Waals surface area contributed by atoms with Crippen molar-refractivity contribution in [1.82, 2.24) is 10.2 Å². The minimum absolute atomic E-state index is 0.0190. The van der Waals surface area contributed by atoms with Gasteiger partial charge in [0.25, 0.3) is 0 Å². The van der Waals surface area contributed by atoms with Gasteiger partial charge in [-0.25, -0.2) is 0 Å². The van der Waals surface area contributed by atoms with Crippen molar-refractivity contribution < 1.29 is 19.1 Å². The molecule has 0 bridgehead atoms. The predicted octanol–water partition coefficient (Wildman–Crippen LogP) is 4.49. The Morgan fingerprint density at radius 3 is 2.40 bits per heavy atom. The highest BCUT2D eigenvalue weighted by atomic mass is 127. The molecular weight excluding hydrogens is 557 g/mol. The zero-order valence-corrected chi connectivity index (χ0v) is 20.0. The lowest BCUT2D eigenvalue weighted by atomic mass is 9.64. The minimum atomic E-state index is -1.61. The number of rotatable bonds is 1. The third kappa shape index (κ3) is 2.49. The number of aromatic nitrogens is 2. The van der Waals surface area contributed by atoms with E-state index in [4.69, 9.17) is 4.74 Å². The molecule has 0 saturated carbocycles. The van der Waals surface area contributed by atoms with Crippen LogP contribution < -0.4 is 10.1 Å². The monoisotopic (exact) mass is 571 g/mol. The molecule has 1 atom stereocenters. The van der Waals surface area contributed by atoms with E-state index in [2.05, 4.69) is 38.1 Å². The molecule has 0 fully saturated rings. The zero-order valence-electron chi connectivity index (χ0n) is 17.9. The van der Waals surface area contributed by atoms with Crippen LogP contribution in [0.4, 0.5) is 5.69 Å². The first kappa shape index (κ1) is 20.3. The lowest BCUT2D eigenvalue weighted by Crippen LogP contribution is -2.47. The van der Waals surface area contributed by atoms with Crippen molar-refractivity contribution in [2.24, 2.45) is 0 Å². The average Bonchev–Trinajstić information content (AvgIpc) is 3.43. The molecule has 0 saturated heterocycles. The van der Waals surface area contributed by atoms with E-state index in [0.717, 1.165) is 9.13 Å². The summed E-state index contributed by atoms with van der Waals surface area (Å²) in [6.07, 6.45) is 0. The molecule has 8 heteroatoms. The number of aromatic amines is 1. The lowest BCUT2D eigenvalue weighted by Gasteiger charge is -2.37. The number of anilines is 1. The number of nitrogens with one attached hydrogen (secondary N) is 2. The molecule has 168 valence electrons. The van der Waals surface area contributed by atoms with Gasteiger partial charge < -0.3 is 10.1 Å². The largest absolute Gasteiger partial charge is 0.436 e. The van der Waals surface area contributed by atoms with Gasteiger partial charge in [0.15, 0.2) is 0 Å². The summed E-state index contributed by atoms with van der Waals surface area (Å²) in [5, 5.41) is 10.4. The van der Waals surface area contributed by atoms with Crippen molar-refractivity contribution >= 4 is 51.5 Å². The highest BCUT2D eigenvalue weighted by Crippen LogP contribution is 2.58. The minimum Gasteiger partial charge on any atom is -0.436 e. The molecule has 4 aromatic rings. The number of amides is 1. The Bertz CT molecular complexity index is 1670. The van der Waals surface area contributed by atoms with Crippen molar-refractivity contribution in [3.63, 3.8) is 0 Å². The Balaban J connectivity index is 1.66. The number of hydrogen-bond donors (Lipinski definition) is 2. The fraction of sp³-hybridized carbons (Fsp3) is 0.0370. The quantitative estimate of drug-likeness (QED) is 0.259. The Morgan fingerprint density at radius 1 is 0.857 bits per heavy atom. The molecule has 3 heterocycles. The summed E-state index contributed by atoms with van der Waals surface area (Å²) in [5.41, 5.74) is 2.02. The lowest BCUT2D eigenvalue weighted by molar-refractivity contribution is -0.121. The van der Waals surface area contributed by atoms with Gasteiger partial charge in [-0.2, -0.15) is 0 Å². The summed E-state index contributed by atoms with van der Waals surface area (Å²) in [4.78, 5) is 41.2. The van der Waals surface area contributed by atoms with Crippen molar-refractivity contribution in [3.8, 4) is 17.1 Å². The molecule has 1 amide bonds. The molecular formula is C27H14IN3O4. The van der Waals surface area contributed by atoms with Crippen molar-refractivity contribution in [2.75, 3.05) is 5.32 Å². The van der Waals surface area contributed by atoms with Crippen LogP contribution in [0.5, 0.6) is 5.88 Å². The fourth-order valence-corrected chi connectivity index (χ4v) is 5.84. The van der Waals surface area contributed by atoms with Crippen LogP contribution >= 0.6 is 22.6 Å². The fourth-order valence-electron chi connectivity index (χ4n) is 5.35. The van der Waals surface area contributed by atoms with Crippen LogP contribution in [-0.4, -0.2) is 27.7 Å². The number of ketones is 2. The topological polar surface area (TPSA) is 101 Å². The second-order valence-corrected chi connectivity index (χ2v) is 9.79. The molecule has 7 rings (SSSR count). The summed E-state index contributed by atoms with van der Waals surface area (Å²) < 4.78 is 7.13. The maximum absolute atomic E-state index is 14.1. The average molecular weight is 571 g/mol. The van der Waals surface area contributed by atoms with Crippen molar-refractivity contribution in [1.29, 1.82) is 0 Å². The van der Waals surface area contributed by atoms with Crippen molar-refractivity contribution in [2.45, 2.75) is 5.41 Å². The Morgan fingerprint density at radius 2 is 1.60 bits per heavy atom. The summed E-state index contributed by atoms with van der Waals surface area (Å²) in [6.45, 7) is 0. The number of halogens is 1. The van der Waals surface area contributed by atoms with E-state index in [1.54, 1.807) is 24.3 Å². The normalized spacial score (nSPS) is 19.6. The number of benzene rings is 3. The molecule has 7 nitrogen and oxygen atoms in total. The van der Waals surface area contributed by atoms with Crippen LogP contribution in [-0.2, 0) is 15.0 Å². The number of carbonyl (C=O) groups excluding carboxylic acids is 3. The van der Waals surface area contributed by atoms with Gasteiger partial charge in [0, 0.05) is 31.5 Å². The second-order valence-electron chi connectivity index (χ2n) is 8.55. The number of hydrogen-bond acceptors (Lipinski definition) is 5. The van der Waals surface area contributed by atoms with Crippen LogP contribution in [0, 0.1) is 3.57 Å². The first-order chi connectivity index (χ1) is 17.0. The van der Waals surface area contributed by atoms with Gasteiger partial charge in [-0.3, -0.25) is 19.5 Å². The molecule has 1 aliphatic carbocycles. The maximum Gasteiger partial charge on any atom is 0.244 e. The molecule has 1 spiro atoms. The van der Waals surface area contributed by atoms with E-state index in [-0.39, 0.29) is 22.8 Å². The standard InChI is InChI=1S/C27H14IN3O4/c28-14-10-11-18-17(12-14)27(26(34)29-18)19-21(13-6-2-1-3-7-13)30-31-25(19)35-24-16-9-5-4-8-15(16)22(32)23(33)20(24)27/h1-12H,(H,29,34)(H,30,31). The van der Waals surface area contributed by atoms with Gasteiger partial charge in [0.2, 0.25) is 23.4 Å². The predicted molar refractivity (Wildman–Crippen MR) is 136 cm³/mol. The number of H-pyrrole nitrogens is 1. The summed E-state index contributed by atoms with van der Waals surface area (Å²) >= 11 is 2.17. The Hall–Kier alpha value is -4.05. The number of nitrogens with zero attached hydrogens (tertiary/aromatic N) is 1. The molecule has 2 aliphatic heterocycles. The highest BCUT2D eigenvalue weighted by molar-refractivity contribution is 14.1. The van der Waals surface area contributed by atoms with Gasteiger partial charge >= 0.3 is 0 Å². The third-order valence-corrected chi connectivity index (χ3v) is 7.47. The van der Waals surface area contributed by atoms with Crippen LogP contribution in [0.3, 0.4) is 0 Å². The summed E-state index contributed by atoms with van der Waals surface area (Å²) in [7, 11) is 0. The molecule has 3 aliphatic rings. The Labute approximate surface area is 212 Å². The van der Waals surface area contributed by atoms with E-state index in [0.29, 0.717) is 28.1 Å². The van der Waals surface area contributed by atoms with E-state index in [1.165, 1.54) is 0 Å². The summed E-state index contributed by atoms with van der Waals surface area (Å²) in [5.74, 6) is -1.47. The molecule has 2 N–H and O–H groups in total. The molecule has 1 aromatic heterocycles. The SMILES string of the molecule is O=C1C(=O)c2ccccc2C2=C1C1(C(=O)Nc3ccc(I)cc31)c1c(n[nH]c1-c1ccccc1)O2. The van der Waals surface area contributed by atoms with Gasteiger partial charge in [-0.15, -0.1) is 5.10 Å². The van der Waals surface area contributed by atoms with Gasteiger partial charge in [0.1, 0.15) is 11.2 Å². The van der Waals surface area contributed by atoms with E-state index in [9.17, 15) is 14.4 Å². The molecule has 3 aromatic carbocycles. The van der Waals surface area contributed by atoms with Crippen LogP contribution in [0.1, 0.15) is 27.0 Å². The zero-order chi connectivity index (χ0) is 23.9. The smallest absolute Gasteiger partial charge is 0.244 e. The highest BCUT2D eigenvalue weighted by Gasteiger charge is 2.62. The molecule has 35 heavy (non-hydrogen) atoms. The first-order valence-corrected chi connectivity index (χ1v) is 12.0. The first-order valence-electron chi connectivity index (χ1n) is 10.9. The maximum atomic E-state index is 14.1. The van der Waals surface area contributed by atoms with Crippen LogP contribution in [0.25, 0.3) is 17.0 Å². The van der Waals surface area contributed by atoms with Gasteiger partial charge in [-0.05, 0) is 40.8 Å². The van der Waals surface area contributed by atoms with Gasteiger partial charge in [-0.1, -0.05) is 54.6 Å². The van der Waals surface area contributed by atoms with E-state index in [1.807, 2.05) is 48.5 Å². The van der Waals surface area contributed by atoms with E-state index < -0.39 is 22.9 Å². The van der Waals surface area contributed by atoms with Gasteiger partial charge in [0.05, 0.1) is 16.8 Å². The number of ether oxygens (including phenoxy) is 1. The number of fused-ring (bicyclic) bond motifs is 7. The summed E-state index contributed by atoms with van der Waals surface area (Å²) in [6, 6.07) is 21.8. The number of carbonyl (C=O) groups is 3. The van der Waals surface area contributed by atoms with Crippen LogP contribution in [0.2, 0.25) is 0 Å². The van der Waals surface area contributed by atoms with E-state index >= 15 is 0 Å². The third-order valence-electron chi connectivity index (χ3n) is 6.80.